The lowest BCUT2D eigenvalue weighted by molar-refractivity contribution is -0.175. The van der Waals surface area contributed by atoms with Crippen LogP contribution in [0.1, 0.15) is 59.3 Å². The van der Waals surface area contributed by atoms with E-state index in [-0.39, 0.29) is 12.0 Å². The Balaban J connectivity index is 1.71. The van der Waals surface area contributed by atoms with E-state index < -0.39 is 52.9 Å². The summed E-state index contributed by atoms with van der Waals surface area (Å²) in [7, 11) is 0. The van der Waals surface area contributed by atoms with Gasteiger partial charge in [-0.15, -0.1) is 0 Å². The molecule has 0 radical (unpaired) electrons. The highest BCUT2D eigenvalue weighted by atomic mass is 19.4. The summed E-state index contributed by atoms with van der Waals surface area (Å²) < 4.78 is 44.0. The predicted molar refractivity (Wildman–Crippen MR) is 110 cm³/mol. The molecular formula is C22H31F3N4O4. The maximum Gasteiger partial charge on any atom is 0.471 e. The van der Waals surface area contributed by atoms with Gasteiger partial charge in [-0.3, -0.25) is 14.4 Å². The van der Waals surface area contributed by atoms with Crippen LogP contribution < -0.4 is 16.0 Å². The second kappa shape index (κ2) is 9.12. The molecule has 3 N–H and O–H groups in total. The summed E-state index contributed by atoms with van der Waals surface area (Å²) in [6.07, 6.45) is -0.719. The quantitative estimate of drug-likeness (QED) is 0.499. The molecule has 5 unspecified atom stereocenters. The van der Waals surface area contributed by atoms with Crippen LogP contribution in [0.3, 0.4) is 0 Å². The van der Waals surface area contributed by atoms with Gasteiger partial charge in [0.05, 0.1) is 18.8 Å². The summed E-state index contributed by atoms with van der Waals surface area (Å²) in [4.78, 5) is 37.6. The first-order valence-electron chi connectivity index (χ1n) is 11.2. The van der Waals surface area contributed by atoms with Crippen LogP contribution in [0.15, 0.2) is 0 Å². The molecule has 1 aliphatic heterocycles. The molecule has 1 heterocycles. The molecular weight excluding hydrogens is 441 g/mol. The Morgan fingerprint density at radius 3 is 2.18 bits per heavy atom. The van der Waals surface area contributed by atoms with Gasteiger partial charge < -0.3 is 20.7 Å². The third-order valence-corrected chi connectivity index (χ3v) is 6.79. The van der Waals surface area contributed by atoms with Crippen LogP contribution in [0.25, 0.3) is 0 Å². The number of hydrogen-bond donors (Lipinski definition) is 3. The number of alkyl halides is 3. The second-order valence-electron chi connectivity index (χ2n) is 10.6. The molecule has 2 saturated carbocycles. The molecule has 0 aromatic heterocycles. The first-order valence-corrected chi connectivity index (χ1v) is 11.2. The van der Waals surface area contributed by atoms with Crippen molar-refractivity contribution in [2.45, 2.75) is 89.7 Å². The molecule has 0 spiro atoms. The van der Waals surface area contributed by atoms with Crippen molar-refractivity contribution < 1.29 is 32.3 Å². The number of nitriles is 1. The fourth-order valence-corrected chi connectivity index (χ4v) is 4.64. The number of carbonyl (C=O) groups excluding carboxylic acids is 3. The number of ether oxygens (including phenoxy) is 1. The van der Waals surface area contributed by atoms with E-state index in [4.69, 9.17) is 4.74 Å². The minimum atomic E-state index is -5.14. The third kappa shape index (κ3) is 5.96. The van der Waals surface area contributed by atoms with Gasteiger partial charge in [0.15, 0.2) is 0 Å². The summed E-state index contributed by atoms with van der Waals surface area (Å²) in [5.41, 5.74) is -1.50. The van der Waals surface area contributed by atoms with Crippen LogP contribution in [0.2, 0.25) is 0 Å². The molecule has 11 heteroatoms. The number of hydrogen-bond acceptors (Lipinski definition) is 5. The molecule has 3 aliphatic rings. The Labute approximate surface area is 191 Å². The van der Waals surface area contributed by atoms with Crippen molar-refractivity contribution in [2.24, 2.45) is 16.7 Å². The summed E-state index contributed by atoms with van der Waals surface area (Å²) >= 11 is 0. The number of amides is 3. The molecule has 2 bridgehead atoms. The Morgan fingerprint density at radius 2 is 1.76 bits per heavy atom. The van der Waals surface area contributed by atoms with Gasteiger partial charge in [-0.2, -0.15) is 18.4 Å². The Hall–Kier alpha value is -2.35. The van der Waals surface area contributed by atoms with E-state index in [2.05, 4.69) is 16.7 Å². The van der Waals surface area contributed by atoms with Crippen LogP contribution >= 0.6 is 0 Å². The van der Waals surface area contributed by atoms with Crippen LogP contribution in [0.4, 0.5) is 13.2 Å². The predicted octanol–water partition coefficient (Wildman–Crippen LogP) is 1.94. The van der Waals surface area contributed by atoms with Gasteiger partial charge in [-0.25, -0.2) is 0 Å². The van der Waals surface area contributed by atoms with Crippen molar-refractivity contribution in [1.29, 1.82) is 5.26 Å². The minimum Gasteiger partial charge on any atom is -0.377 e. The zero-order valence-electron chi connectivity index (χ0n) is 19.1. The monoisotopic (exact) mass is 472 g/mol. The van der Waals surface area contributed by atoms with E-state index in [1.807, 2.05) is 0 Å². The molecule has 3 amide bonds. The minimum absolute atomic E-state index is 0.0875. The molecule has 0 aromatic carbocycles. The smallest absolute Gasteiger partial charge is 0.377 e. The van der Waals surface area contributed by atoms with Crippen LogP contribution in [0, 0.1) is 28.1 Å². The molecule has 2 aliphatic carbocycles. The molecule has 3 fully saturated rings. The fourth-order valence-electron chi connectivity index (χ4n) is 4.64. The van der Waals surface area contributed by atoms with E-state index in [1.54, 1.807) is 5.32 Å². The molecule has 33 heavy (non-hydrogen) atoms. The van der Waals surface area contributed by atoms with E-state index in [1.165, 1.54) is 20.8 Å². The van der Waals surface area contributed by atoms with E-state index in [0.717, 1.165) is 25.7 Å². The van der Waals surface area contributed by atoms with Crippen LogP contribution in [0.5, 0.6) is 0 Å². The lowest BCUT2D eigenvalue weighted by atomic mass is 9.80. The first kappa shape index (κ1) is 25.3. The highest BCUT2D eigenvalue weighted by Crippen LogP contribution is 2.48. The van der Waals surface area contributed by atoms with Crippen molar-refractivity contribution in [2.75, 3.05) is 6.61 Å². The van der Waals surface area contributed by atoms with Crippen molar-refractivity contribution in [3.63, 3.8) is 0 Å². The number of rotatable bonds is 8. The van der Waals surface area contributed by atoms with Gasteiger partial charge in [0.2, 0.25) is 11.8 Å². The fraction of sp³-hybridized carbons (Fsp3) is 0.818. The number of nitrogens with one attached hydrogen (secondary N) is 3. The van der Waals surface area contributed by atoms with E-state index in [0.29, 0.717) is 19.4 Å². The summed E-state index contributed by atoms with van der Waals surface area (Å²) in [5, 5.41) is 16.8. The average molecular weight is 473 g/mol. The van der Waals surface area contributed by atoms with Gasteiger partial charge in [0.1, 0.15) is 18.1 Å². The van der Waals surface area contributed by atoms with Gasteiger partial charge in [-0.1, -0.05) is 33.6 Å². The topological polar surface area (TPSA) is 120 Å². The molecule has 0 aromatic rings. The van der Waals surface area contributed by atoms with E-state index >= 15 is 0 Å². The average Bonchev–Trinajstić information content (AvgIpc) is 3.30. The first-order chi connectivity index (χ1) is 15.2. The van der Waals surface area contributed by atoms with E-state index in [9.17, 15) is 32.8 Å². The Morgan fingerprint density at radius 1 is 1.09 bits per heavy atom. The largest absolute Gasteiger partial charge is 0.471 e. The van der Waals surface area contributed by atoms with Gasteiger partial charge in [0, 0.05) is 5.41 Å². The van der Waals surface area contributed by atoms with Crippen LogP contribution in [-0.4, -0.2) is 54.7 Å². The summed E-state index contributed by atoms with van der Waals surface area (Å²) in [5.74, 6) is -3.44. The number of fused-ring (bicyclic) bond motifs is 2. The Kier molecular flexibility index (Phi) is 6.99. The highest BCUT2D eigenvalue weighted by molar-refractivity contribution is 5.93. The molecule has 3 rings (SSSR count). The molecule has 1 saturated heterocycles. The zero-order valence-corrected chi connectivity index (χ0v) is 19.1. The van der Waals surface area contributed by atoms with Crippen molar-refractivity contribution in [3.8, 4) is 6.07 Å². The number of halogens is 3. The maximum absolute atomic E-state index is 13.1. The molecule has 184 valence electrons. The number of carbonyl (C=O) groups is 3. The van der Waals surface area contributed by atoms with Gasteiger partial charge in [-0.05, 0) is 37.0 Å². The van der Waals surface area contributed by atoms with Crippen molar-refractivity contribution in [3.05, 3.63) is 0 Å². The summed E-state index contributed by atoms with van der Waals surface area (Å²) in [6.45, 7) is 4.94. The van der Waals surface area contributed by atoms with Gasteiger partial charge >= 0.3 is 12.1 Å². The molecule has 5 atom stereocenters. The third-order valence-electron chi connectivity index (χ3n) is 6.79. The SMILES string of the molecule is CC(C)(C)C(NC(=O)C(F)(F)F)C(=O)NC(CC1CC1)C(=O)NC(C#N)C12CCC(C1)OC2. The standard InChI is InChI=1S/C22H31F3N4O4/c1-20(2,3)16(29-19(32)22(23,24)25)18(31)27-14(8-12-4-5-12)17(30)28-15(10-26)21-7-6-13(9-21)33-11-21/h12-16H,4-9,11H2,1-3H3,(H,27,31)(H,28,30)(H,29,32). The second-order valence-corrected chi connectivity index (χ2v) is 10.6. The molecule has 8 nitrogen and oxygen atoms in total. The Bertz CT molecular complexity index is 821. The van der Waals surface area contributed by atoms with Crippen molar-refractivity contribution >= 4 is 17.7 Å². The zero-order chi connectivity index (χ0) is 24.6. The lowest BCUT2D eigenvalue weighted by Gasteiger charge is -2.34. The summed E-state index contributed by atoms with van der Waals surface area (Å²) in [6, 6.07) is -1.17. The maximum atomic E-state index is 13.1. The number of nitrogens with zero attached hydrogens (tertiary/aromatic N) is 1. The normalized spacial score (nSPS) is 27.2. The van der Waals surface area contributed by atoms with Crippen molar-refractivity contribution in [1.82, 2.24) is 16.0 Å². The highest BCUT2D eigenvalue weighted by Gasteiger charge is 2.52. The van der Waals surface area contributed by atoms with Crippen LogP contribution in [-0.2, 0) is 19.1 Å². The van der Waals surface area contributed by atoms with Gasteiger partial charge in [0.25, 0.3) is 0 Å². The lowest BCUT2D eigenvalue weighted by Crippen LogP contribution is -2.60.